The van der Waals surface area contributed by atoms with Crippen LogP contribution in [0.3, 0.4) is 0 Å². The fourth-order valence-corrected chi connectivity index (χ4v) is 2.85. The molecule has 0 spiro atoms. The Morgan fingerprint density at radius 2 is 2.09 bits per heavy atom. The van der Waals surface area contributed by atoms with E-state index in [-0.39, 0.29) is 5.91 Å². The predicted octanol–water partition coefficient (Wildman–Crippen LogP) is -1.97. The summed E-state index contributed by atoms with van der Waals surface area (Å²) in [7, 11) is 0. The topological polar surface area (TPSA) is 134 Å². The van der Waals surface area contributed by atoms with Crippen LogP contribution in [-0.4, -0.2) is 83.1 Å². The second-order valence-corrected chi connectivity index (χ2v) is 6.28. The van der Waals surface area contributed by atoms with Crippen LogP contribution in [0.15, 0.2) is 0 Å². The molecule has 0 aromatic carbocycles. The number of nitrogens with one attached hydrogen (secondary N) is 1. The molecule has 1 fully saturated rings. The number of amides is 1. The Kier molecular flexibility index (Phi) is 9.25. The summed E-state index contributed by atoms with van der Waals surface area (Å²) >= 11 is 1.71. The molecule has 1 aliphatic heterocycles. The standard InChI is InChI=1S/C13H26N2O6S/c1-8(17)15-10-12(19)11(18)9(7-16)21-13(10)20-4-2-5-22-6-3-14/h9-13,16,18-19H,2-7,14H2,1H3,(H,15,17)/t9-,10-,11+,12-,13-/m1/s1. The van der Waals surface area contributed by atoms with Gasteiger partial charge in [0.25, 0.3) is 0 Å². The molecule has 0 aromatic rings. The zero-order valence-corrected chi connectivity index (χ0v) is 13.5. The van der Waals surface area contributed by atoms with Crippen LogP contribution >= 0.6 is 11.8 Å². The molecule has 9 heteroatoms. The van der Waals surface area contributed by atoms with Crippen molar-refractivity contribution in [2.45, 2.75) is 44.0 Å². The summed E-state index contributed by atoms with van der Waals surface area (Å²) < 4.78 is 11.0. The first-order chi connectivity index (χ1) is 10.5. The molecule has 1 saturated heterocycles. The molecule has 0 bridgehead atoms. The minimum Gasteiger partial charge on any atom is -0.394 e. The van der Waals surface area contributed by atoms with E-state index in [2.05, 4.69) is 5.32 Å². The van der Waals surface area contributed by atoms with Gasteiger partial charge >= 0.3 is 0 Å². The van der Waals surface area contributed by atoms with Gasteiger partial charge in [0, 0.05) is 19.2 Å². The summed E-state index contributed by atoms with van der Waals surface area (Å²) in [5.74, 6) is 1.39. The first kappa shape index (κ1) is 19.6. The Balaban J connectivity index is 2.52. The van der Waals surface area contributed by atoms with Gasteiger partial charge in [-0.05, 0) is 12.2 Å². The Morgan fingerprint density at radius 3 is 2.68 bits per heavy atom. The normalized spacial score (nSPS) is 32.0. The molecule has 0 saturated carbocycles. The number of ether oxygens (including phenoxy) is 2. The minimum absolute atomic E-state index is 0.366. The van der Waals surface area contributed by atoms with Crippen molar-refractivity contribution >= 4 is 17.7 Å². The van der Waals surface area contributed by atoms with Crippen molar-refractivity contribution in [1.82, 2.24) is 5.32 Å². The molecule has 5 atom stereocenters. The van der Waals surface area contributed by atoms with Gasteiger partial charge in [0.05, 0.1) is 13.2 Å². The molecule has 0 aromatic heterocycles. The summed E-state index contributed by atoms with van der Waals surface area (Å²) in [6, 6.07) is -0.882. The molecule has 1 heterocycles. The highest BCUT2D eigenvalue weighted by Crippen LogP contribution is 2.22. The highest BCUT2D eigenvalue weighted by Gasteiger charge is 2.45. The van der Waals surface area contributed by atoms with Crippen LogP contribution in [0.4, 0.5) is 0 Å². The molecule has 1 amide bonds. The monoisotopic (exact) mass is 338 g/mol. The number of carbonyl (C=O) groups is 1. The molecule has 22 heavy (non-hydrogen) atoms. The van der Waals surface area contributed by atoms with Crippen LogP contribution in [0.2, 0.25) is 0 Å². The molecule has 6 N–H and O–H groups in total. The zero-order chi connectivity index (χ0) is 16.5. The highest BCUT2D eigenvalue weighted by atomic mass is 32.2. The average molecular weight is 338 g/mol. The van der Waals surface area contributed by atoms with Gasteiger partial charge in [0.2, 0.25) is 5.91 Å². The Morgan fingerprint density at radius 1 is 1.36 bits per heavy atom. The number of carbonyl (C=O) groups excluding carboxylic acids is 1. The van der Waals surface area contributed by atoms with E-state index in [1.807, 2.05) is 0 Å². The molecule has 130 valence electrons. The number of rotatable bonds is 9. The quantitative estimate of drug-likeness (QED) is 0.306. The number of nitrogens with two attached hydrogens (primary N) is 1. The van der Waals surface area contributed by atoms with Crippen LogP contribution in [0.25, 0.3) is 0 Å². The van der Waals surface area contributed by atoms with E-state index in [0.717, 1.165) is 17.9 Å². The lowest BCUT2D eigenvalue weighted by Gasteiger charge is -2.42. The van der Waals surface area contributed by atoms with Crippen LogP contribution in [-0.2, 0) is 14.3 Å². The van der Waals surface area contributed by atoms with Crippen molar-refractivity contribution in [2.75, 3.05) is 31.3 Å². The predicted molar refractivity (Wildman–Crippen MR) is 82.3 cm³/mol. The Labute approximate surface area is 134 Å². The third-order valence-electron chi connectivity index (χ3n) is 3.23. The van der Waals surface area contributed by atoms with E-state index >= 15 is 0 Å². The maximum atomic E-state index is 11.2. The first-order valence-corrected chi connectivity index (χ1v) is 8.45. The molecule has 0 aliphatic carbocycles. The number of thioether (sulfide) groups is 1. The van der Waals surface area contributed by atoms with Crippen LogP contribution in [0.1, 0.15) is 13.3 Å². The largest absolute Gasteiger partial charge is 0.394 e. The Hall–Kier alpha value is -0.420. The third kappa shape index (κ3) is 5.99. The summed E-state index contributed by atoms with van der Waals surface area (Å²) in [5, 5.41) is 31.6. The van der Waals surface area contributed by atoms with E-state index < -0.39 is 37.3 Å². The van der Waals surface area contributed by atoms with Crippen molar-refractivity contribution in [3.05, 3.63) is 0 Å². The number of hydrogen-bond donors (Lipinski definition) is 5. The van der Waals surface area contributed by atoms with Crippen molar-refractivity contribution in [3.63, 3.8) is 0 Å². The second-order valence-electron chi connectivity index (χ2n) is 5.06. The molecule has 0 radical (unpaired) electrons. The van der Waals surface area contributed by atoms with Gasteiger partial charge in [-0.15, -0.1) is 0 Å². The molecule has 0 unspecified atom stereocenters. The van der Waals surface area contributed by atoms with Gasteiger partial charge in [-0.3, -0.25) is 4.79 Å². The minimum atomic E-state index is -1.29. The van der Waals surface area contributed by atoms with E-state index in [4.69, 9.17) is 15.2 Å². The van der Waals surface area contributed by atoms with Crippen LogP contribution in [0, 0.1) is 0 Å². The summed E-state index contributed by atoms with van der Waals surface area (Å²) in [6.45, 7) is 1.86. The van der Waals surface area contributed by atoms with Crippen molar-refractivity contribution in [1.29, 1.82) is 0 Å². The average Bonchev–Trinajstić information content (AvgIpc) is 2.49. The molecule has 1 aliphatic rings. The van der Waals surface area contributed by atoms with Gasteiger partial charge in [0.15, 0.2) is 6.29 Å². The fraction of sp³-hybridized carbons (Fsp3) is 0.923. The SMILES string of the molecule is CC(=O)N[C@H]1[C@H](OCCCSCCN)O[C@H](CO)[C@H](O)[C@@H]1O. The zero-order valence-electron chi connectivity index (χ0n) is 12.7. The summed E-state index contributed by atoms with van der Waals surface area (Å²) in [4.78, 5) is 11.2. The van der Waals surface area contributed by atoms with Gasteiger partial charge in [-0.2, -0.15) is 11.8 Å². The molecule has 8 nitrogen and oxygen atoms in total. The maximum Gasteiger partial charge on any atom is 0.217 e. The smallest absolute Gasteiger partial charge is 0.217 e. The first-order valence-electron chi connectivity index (χ1n) is 7.30. The number of hydrogen-bond acceptors (Lipinski definition) is 8. The van der Waals surface area contributed by atoms with E-state index in [0.29, 0.717) is 13.2 Å². The summed E-state index contributed by atoms with van der Waals surface area (Å²) in [5.41, 5.74) is 5.40. The lowest BCUT2D eigenvalue weighted by atomic mass is 9.97. The van der Waals surface area contributed by atoms with Crippen LogP contribution < -0.4 is 11.1 Å². The van der Waals surface area contributed by atoms with Crippen LogP contribution in [0.5, 0.6) is 0 Å². The number of aliphatic hydroxyl groups is 3. The Bertz CT molecular complexity index is 336. The van der Waals surface area contributed by atoms with E-state index in [1.54, 1.807) is 11.8 Å². The molecular weight excluding hydrogens is 312 g/mol. The fourth-order valence-electron chi connectivity index (χ4n) is 2.16. The lowest BCUT2D eigenvalue weighted by Crippen LogP contribution is -2.64. The highest BCUT2D eigenvalue weighted by molar-refractivity contribution is 7.99. The van der Waals surface area contributed by atoms with Gasteiger partial charge in [0.1, 0.15) is 24.4 Å². The molecular formula is C13H26N2O6S. The van der Waals surface area contributed by atoms with Crippen molar-refractivity contribution in [3.8, 4) is 0 Å². The van der Waals surface area contributed by atoms with Crippen molar-refractivity contribution in [2.24, 2.45) is 5.73 Å². The summed E-state index contributed by atoms with van der Waals surface area (Å²) in [6.07, 6.45) is -3.66. The van der Waals surface area contributed by atoms with Gasteiger partial charge < -0.3 is 35.8 Å². The lowest BCUT2D eigenvalue weighted by molar-refractivity contribution is -0.270. The maximum absolute atomic E-state index is 11.2. The van der Waals surface area contributed by atoms with Crippen molar-refractivity contribution < 1.29 is 29.6 Å². The van der Waals surface area contributed by atoms with Gasteiger partial charge in [-0.25, -0.2) is 0 Å². The van der Waals surface area contributed by atoms with E-state index in [9.17, 15) is 20.1 Å². The van der Waals surface area contributed by atoms with Gasteiger partial charge in [-0.1, -0.05) is 0 Å². The molecule has 1 rings (SSSR count). The number of aliphatic hydroxyl groups excluding tert-OH is 3. The third-order valence-corrected chi connectivity index (χ3v) is 4.33. The van der Waals surface area contributed by atoms with E-state index in [1.165, 1.54) is 6.92 Å². The second kappa shape index (κ2) is 10.4.